The largest absolute Gasteiger partial charge is 0.468 e. The molecule has 0 atom stereocenters. The zero-order valence-electron chi connectivity index (χ0n) is 17.6. The van der Waals surface area contributed by atoms with Crippen LogP contribution in [0.15, 0.2) is 76.2 Å². The van der Waals surface area contributed by atoms with E-state index in [1.165, 1.54) is 31.4 Å². The fourth-order valence-electron chi connectivity index (χ4n) is 2.83. The summed E-state index contributed by atoms with van der Waals surface area (Å²) in [6, 6.07) is 14.8. The predicted octanol–water partition coefficient (Wildman–Crippen LogP) is 3.68. The highest BCUT2D eigenvalue weighted by Gasteiger charge is 2.14. The molecular formula is C23H23N3O5S. The summed E-state index contributed by atoms with van der Waals surface area (Å²) < 4.78 is 32.3. The Morgan fingerprint density at radius 1 is 1.00 bits per heavy atom. The van der Waals surface area contributed by atoms with Gasteiger partial charge in [-0.15, -0.1) is 0 Å². The molecule has 166 valence electrons. The lowest BCUT2D eigenvalue weighted by Crippen LogP contribution is -2.22. The number of anilines is 2. The Morgan fingerprint density at radius 3 is 2.41 bits per heavy atom. The number of amides is 2. The summed E-state index contributed by atoms with van der Waals surface area (Å²) in [5, 5.41) is 5.41. The van der Waals surface area contributed by atoms with Crippen molar-refractivity contribution in [3.63, 3.8) is 0 Å². The Kier molecular flexibility index (Phi) is 7.24. The van der Waals surface area contributed by atoms with Crippen LogP contribution in [0.5, 0.6) is 0 Å². The maximum absolute atomic E-state index is 12.4. The van der Waals surface area contributed by atoms with E-state index >= 15 is 0 Å². The third kappa shape index (κ3) is 6.40. The van der Waals surface area contributed by atoms with Crippen molar-refractivity contribution in [3.05, 3.63) is 83.8 Å². The summed E-state index contributed by atoms with van der Waals surface area (Å²) >= 11 is 0. The Bertz CT molecular complexity index is 1230. The molecule has 0 radical (unpaired) electrons. The lowest BCUT2D eigenvalue weighted by atomic mass is 10.2. The van der Waals surface area contributed by atoms with Crippen LogP contribution in [-0.2, 0) is 26.2 Å². The molecule has 32 heavy (non-hydrogen) atoms. The van der Waals surface area contributed by atoms with Gasteiger partial charge in [-0.05, 0) is 60.5 Å². The predicted molar refractivity (Wildman–Crippen MR) is 122 cm³/mol. The van der Waals surface area contributed by atoms with Crippen molar-refractivity contribution < 1.29 is 22.4 Å². The molecule has 0 bridgehead atoms. The van der Waals surface area contributed by atoms with Crippen molar-refractivity contribution in [2.45, 2.75) is 25.3 Å². The van der Waals surface area contributed by atoms with Crippen molar-refractivity contribution in [2.75, 3.05) is 10.6 Å². The number of furan rings is 1. The normalized spacial score (nSPS) is 11.4. The first-order chi connectivity index (χ1) is 15.2. The average Bonchev–Trinajstić information content (AvgIpc) is 3.27. The van der Waals surface area contributed by atoms with Crippen molar-refractivity contribution in [2.24, 2.45) is 0 Å². The van der Waals surface area contributed by atoms with Crippen LogP contribution >= 0.6 is 0 Å². The van der Waals surface area contributed by atoms with Gasteiger partial charge in [0.05, 0.1) is 29.1 Å². The topological polar surface area (TPSA) is 118 Å². The molecule has 0 fully saturated rings. The fourth-order valence-corrected chi connectivity index (χ4v) is 3.82. The number of carbonyl (C=O) groups excluding carboxylic acids is 2. The van der Waals surface area contributed by atoms with Crippen LogP contribution < -0.4 is 15.4 Å². The molecule has 3 rings (SSSR count). The number of rotatable bonds is 8. The van der Waals surface area contributed by atoms with Gasteiger partial charge in [0.1, 0.15) is 5.76 Å². The van der Waals surface area contributed by atoms with Crippen LogP contribution in [0.2, 0.25) is 0 Å². The van der Waals surface area contributed by atoms with E-state index in [9.17, 15) is 18.0 Å². The van der Waals surface area contributed by atoms with Gasteiger partial charge >= 0.3 is 0 Å². The Hall–Kier alpha value is -3.69. The second-order valence-electron chi connectivity index (χ2n) is 7.03. The average molecular weight is 454 g/mol. The van der Waals surface area contributed by atoms with Gasteiger partial charge in [0.15, 0.2) is 0 Å². The highest BCUT2D eigenvalue weighted by molar-refractivity contribution is 7.89. The van der Waals surface area contributed by atoms with Gasteiger partial charge in [0.2, 0.25) is 21.8 Å². The monoisotopic (exact) mass is 453 g/mol. The van der Waals surface area contributed by atoms with E-state index < -0.39 is 10.0 Å². The van der Waals surface area contributed by atoms with Gasteiger partial charge in [0, 0.05) is 13.0 Å². The summed E-state index contributed by atoms with van der Waals surface area (Å²) in [7, 11) is -3.69. The maximum atomic E-state index is 12.4. The van der Waals surface area contributed by atoms with Crippen LogP contribution in [0.1, 0.15) is 23.8 Å². The van der Waals surface area contributed by atoms with Crippen LogP contribution in [0, 0.1) is 6.92 Å². The number of nitrogens with one attached hydrogen (secondary N) is 3. The highest BCUT2D eigenvalue weighted by Crippen LogP contribution is 2.23. The van der Waals surface area contributed by atoms with Crippen molar-refractivity contribution in [3.8, 4) is 0 Å². The van der Waals surface area contributed by atoms with Crippen LogP contribution in [-0.4, -0.2) is 20.2 Å². The van der Waals surface area contributed by atoms with E-state index in [-0.39, 0.29) is 23.3 Å². The number of carbonyl (C=O) groups is 2. The van der Waals surface area contributed by atoms with E-state index in [0.717, 1.165) is 5.56 Å². The quantitative estimate of drug-likeness (QED) is 0.450. The molecule has 2 amide bonds. The van der Waals surface area contributed by atoms with E-state index in [4.69, 9.17) is 4.42 Å². The molecule has 2 aromatic carbocycles. The molecule has 0 saturated carbocycles. The number of hydrogen-bond donors (Lipinski definition) is 3. The molecule has 0 aliphatic carbocycles. The third-order valence-electron chi connectivity index (χ3n) is 4.38. The summed E-state index contributed by atoms with van der Waals surface area (Å²) in [6.45, 7) is 3.32. The number of benzene rings is 2. The molecule has 0 unspecified atom stereocenters. The Morgan fingerprint density at radius 2 is 1.75 bits per heavy atom. The minimum Gasteiger partial charge on any atom is -0.468 e. The minimum atomic E-state index is -3.69. The number of hydrogen-bond acceptors (Lipinski definition) is 5. The second-order valence-corrected chi connectivity index (χ2v) is 8.79. The van der Waals surface area contributed by atoms with Gasteiger partial charge < -0.3 is 15.1 Å². The van der Waals surface area contributed by atoms with Gasteiger partial charge in [-0.2, -0.15) is 0 Å². The number of aryl methyl sites for hydroxylation is 1. The van der Waals surface area contributed by atoms with Gasteiger partial charge in [0.25, 0.3) is 0 Å². The van der Waals surface area contributed by atoms with Crippen LogP contribution in [0.4, 0.5) is 11.4 Å². The fraction of sp³-hybridized carbons (Fsp3) is 0.130. The summed E-state index contributed by atoms with van der Waals surface area (Å²) in [5.74, 6) is -0.123. The third-order valence-corrected chi connectivity index (χ3v) is 5.79. The van der Waals surface area contributed by atoms with E-state index in [2.05, 4.69) is 15.4 Å². The summed E-state index contributed by atoms with van der Waals surface area (Å²) in [5.41, 5.74) is 2.56. The first-order valence-electron chi connectivity index (χ1n) is 9.72. The van der Waals surface area contributed by atoms with Crippen molar-refractivity contribution >= 4 is 39.3 Å². The molecule has 0 aliphatic rings. The molecule has 3 aromatic rings. The molecule has 8 nitrogen and oxygen atoms in total. The molecule has 0 saturated heterocycles. The minimum absolute atomic E-state index is 0.0522. The lowest BCUT2D eigenvalue weighted by Gasteiger charge is -2.11. The first kappa shape index (κ1) is 23.0. The first-order valence-corrected chi connectivity index (χ1v) is 11.2. The standard InChI is InChI=1S/C23H23N3O5S/c1-16-5-11-21(25-17(2)27)22(14-16)26-23(28)12-8-18-6-9-20(10-7-18)32(29,30)24-15-19-4-3-13-31-19/h3-14,24H,15H2,1-2H3,(H,25,27)(H,26,28)/b12-8+. The van der Waals surface area contributed by atoms with Gasteiger partial charge in [-0.25, -0.2) is 13.1 Å². The van der Waals surface area contributed by atoms with Gasteiger partial charge in [-0.1, -0.05) is 18.2 Å². The summed E-state index contributed by atoms with van der Waals surface area (Å²) in [4.78, 5) is 23.8. The van der Waals surface area contributed by atoms with Crippen molar-refractivity contribution in [1.29, 1.82) is 0 Å². The Labute approximate surface area is 186 Å². The van der Waals surface area contributed by atoms with Crippen LogP contribution in [0.3, 0.4) is 0 Å². The Balaban J connectivity index is 1.64. The number of sulfonamides is 1. The van der Waals surface area contributed by atoms with E-state index in [1.54, 1.807) is 42.5 Å². The molecule has 1 aromatic heterocycles. The molecule has 3 N–H and O–H groups in total. The van der Waals surface area contributed by atoms with E-state index in [1.807, 2.05) is 13.0 Å². The zero-order chi connectivity index (χ0) is 23.1. The molecule has 9 heteroatoms. The molecule has 1 heterocycles. The second kappa shape index (κ2) is 10.1. The smallest absolute Gasteiger partial charge is 0.248 e. The summed E-state index contributed by atoms with van der Waals surface area (Å²) in [6.07, 6.45) is 4.37. The van der Waals surface area contributed by atoms with Crippen molar-refractivity contribution in [1.82, 2.24) is 4.72 Å². The molecular weight excluding hydrogens is 430 g/mol. The van der Waals surface area contributed by atoms with E-state index in [0.29, 0.717) is 22.7 Å². The zero-order valence-corrected chi connectivity index (χ0v) is 18.4. The molecule has 0 aliphatic heterocycles. The lowest BCUT2D eigenvalue weighted by molar-refractivity contribution is -0.114. The van der Waals surface area contributed by atoms with Crippen LogP contribution in [0.25, 0.3) is 6.08 Å². The highest BCUT2D eigenvalue weighted by atomic mass is 32.2. The SMILES string of the molecule is CC(=O)Nc1ccc(C)cc1NC(=O)/C=C/c1ccc(S(=O)(=O)NCc2ccco2)cc1. The molecule has 0 spiro atoms. The maximum Gasteiger partial charge on any atom is 0.248 e. The van der Waals surface area contributed by atoms with Gasteiger partial charge in [-0.3, -0.25) is 9.59 Å².